The number of aromatic nitrogens is 2. The molecule has 3 rings (SSSR count). The van der Waals surface area contributed by atoms with Crippen LogP contribution in [0.5, 0.6) is 0 Å². The molecule has 6 heteroatoms. The Hall–Kier alpha value is -1.92. The minimum Gasteiger partial charge on any atom is -0.297 e. The van der Waals surface area contributed by atoms with Gasteiger partial charge in [-0.05, 0) is 12.1 Å². The fraction of sp³-hybridized carbons (Fsp3) is 0.133. The molecule has 0 unspecified atom stereocenters. The number of rotatable bonds is 4. The van der Waals surface area contributed by atoms with E-state index in [2.05, 4.69) is 4.98 Å². The van der Waals surface area contributed by atoms with Crippen LogP contribution in [0.25, 0.3) is 16.3 Å². The molecule has 0 aliphatic carbocycles. The van der Waals surface area contributed by atoms with E-state index < -0.39 is 9.84 Å². The fourth-order valence-electron chi connectivity index (χ4n) is 1.96. The zero-order valence-electron chi connectivity index (χ0n) is 11.4. The molecule has 3 aromatic rings. The molecule has 0 aliphatic rings. The summed E-state index contributed by atoms with van der Waals surface area (Å²) in [5, 5.41) is 0.844. The predicted molar refractivity (Wildman–Crippen MR) is 84.6 cm³/mol. The number of imidazole rings is 1. The first kappa shape index (κ1) is 14.0. The Morgan fingerprint density at radius 1 is 1.14 bits per heavy atom. The van der Waals surface area contributed by atoms with E-state index >= 15 is 0 Å². The van der Waals surface area contributed by atoms with Crippen LogP contribution >= 0.6 is 11.3 Å². The zero-order valence-corrected chi connectivity index (χ0v) is 13.1. The number of hydrogen-bond acceptors (Lipinski definition) is 4. The molecular weight excluding hydrogens is 304 g/mol. The third-order valence-corrected chi connectivity index (χ3v) is 6.57. The second-order valence-electron chi connectivity index (χ2n) is 4.53. The molecule has 108 valence electrons. The zero-order chi connectivity index (χ0) is 14.9. The van der Waals surface area contributed by atoms with Gasteiger partial charge in [-0.2, -0.15) is 0 Å². The van der Waals surface area contributed by atoms with Crippen LogP contribution in [-0.2, 0) is 9.84 Å². The summed E-state index contributed by atoms with van der Waals surface area (Å²) < 4.78 is 26.0. The van der Waals surface area contributed by atoms with Gasteiger partial charge in [0, 0.05) is 11.8 Å². The minimum atomic E-state index is -3.15. The van der Waals surface area contributed by atoms with Gasteiger partial charge in [-0.15, -0.1) is 11.3 Å². The summed E-state index contributed by atoms with van der Waals surface area (Å²) in [5.41, 5.74) is 1.90. The van der Waals surface area contributed by atoms with Crippen molar-refractivity contribution in [2.45, 2.75) is 11.1 Å². The van der Waals surface area contributed by atoms with Crippen molar-refractivity contribution in [2.75, 3.05) is 5.75 Å². The lowest BCUT2D eigenvalue weighted by atomic mass is 10.2. The van der Waals surface area contributed by atoms with Crippen LogP contribution in [0.4, 0.5) is 0 Å². The van der Waals surface area contributed by atoms with E-state index in [0.717, 1.165) is 16.3 Å². The Labute approximate surface area is 127 Å². The minimum absolute atomic E-state index is 0.117. The van der Waals surface area contributed by atoms with E-state index in [1.165, 1.54) is 11.3 Å². The van der Waals surface area contributed by atoms with E-state index in [0.29, 0.717) is 4.21 Å². The second-order valence-corrected chi connectivity index (χ2v) is 8.10. The molecule has 0 radical (unpaired) electrons. The first-order valence-electron chi connectivity index (χ1n) is 6.52. The van der Waals surface area contributed by atoms with Gasteiger partial charge in [-0.3, -0.25) is 4.57 Å². The van der Waals surface area contributed by atoms with Gasteiger partial charge in [0.05, 0.1) is 11.4 Å². The Balaban J connectivity index is 1.94. The Kier molecular flexibility index (Phi) is 3.65. The summed E-state index contributed by atoms with van der Waals surface area (Å²) in [6, 6.07) is 13.3. The standard InChI is InChI=1S/C15H14N2O2S2/c1-2-21(18,19)15-9-8-14(20-15)17-10-13(16-11-17)12-6-4-3-5-7-12/h3-11H,2H2,1H3. The van der Waals surface area contributed by atoms with Crippen molar-refractivity contribution in [3.8, 4) is 16.3 Å². The summed E-state index contributed by atoms with van der Waals surface area (Å²) in [6.07, 6.45) is 3.61. The SMILES string of the molecule is CCS(=O)(=O)c1ccc(-n2cnc(-c3ccccc3)c2)s1. The molecule has 0 atom stereocenters. The van der Waals surface area contributed by atoms with Crippen molar-refractivity contribution in [2.24, 2.45) is 0 Å². The largest absolute Gasteiger partial charge is 0.297 e. The topological polar surface area (TPSA) is 52.0 Å². The van der Waals surface area contributed by atoms with E-state index in [-0.39, 0.29) is 5.75 Å². The molecule has 4 nitrogen and oxygen atoms in total. The molecule has 0 N–H and O–H groups in total. The van der Waals surface area contributed by atoms with Crippen molar-refractivity contribution in [3.05, 3.63) is 55.0 Å². The van der Waals surface area contributed by atoms with Gasteiger partial charge in [-0.1, -0.05) is 37.3 Å². The van der Waals surface area contributed by atoms with Gasteiger partial charge >= 0.3 is 0 Å². The Morgan fingerprint density at radius 3 is 2.62 bits per heavy atom. The van der Waals surface area contributed by atoms with Crippen molar-refractivity contribution in [1.29, 1.82) is 0 Å². The summed E-state index contributed by atoms with van der Waals surface area (Å²) in [6.45, 7) is 1.65. The van der Waals surface area contributed by atoms with Gasteiger partial charge in [0.25, 0.3) is 0 Å². The predicted octanol–water partition coefficient (Wildman–Crippen LogP) is 3.39. The molecule has 1 aromatic carbocycles. The molecule has 2 aromatic heterocycles. The highest BCUT2D eigenvalue weighted by atomic mass is 32.2. The molecular formula is C15H14N2O2S2. The monoisotopic (exact) mass is 318 g/mol. The lowest BCUT2D eigenvalue weighted by Crippen LogP contribution is -2.00. The van der Waals surface area contributed by atoms with Crippen LogP contribution in [-0.4, -0.2) is 23.7 Å². The number of nitrogens with zero attached hydrogens (tertiary/aromatic N) is 2. The molecule has 0 fully saturated rings. The van der Waals surface area contributed by atoms with Crippen molar-refractivity contribution >= 4 is 21.2 Å². The van der Waals surface area contributed by atoms with Crippen molar-refractivity contribution < 1.29 is 8.42 Å². The van der Waals surface area contributed by atoms with Gasteiger partial charge in [0.15, 0.2) is 9.84 Å². The van der Waals surface area contributed by atoms with Crippen LogP contribution in [0, 0.1) is 0 Å². The van der Waals surface area contributed by atoms with Gasteiger partial charge in [-0.25, -0.2) is 13.4 Å². The van der Waals surface area contributed by atoms with E-state index in [1.807, 2.05) is 47.2 Å². The number of thiophene rings is 1. The Bertz CT molecular complexity index is 849. The number of hydrogen-bond donors (Lipinski definition) is 0. The van der Waals surface area contributed by atoms with Crippen molar-refractivity contribution in [3.63, 3.8) is 0 Å². The maximum atomic E-state index is 11.9. The Morgan fingerprint density at radius 2 is 1.90 bits per heavy atom. The van der Waals surface area contributed by atoms with Crippen molar-refractivity contribution in [1.82, 2.24) is 9.55 Å². The van der Waals surface area contributed by atoms with Gasteiger partial charge < -0.3 is 0 Å². The fourth-order valence-corrected chi connectivity index (χ4v) is 4.32. The first-order valence-corrected chi connectivity index (χ1v) is 8.99. The quantitative estimate of drug-likeness (QED) is 0.741. The molecule has 0 saturated carbocycles. The van der Waals surface area contributed by atoms with E-state index in [4.69, 9.17) is 0 Å². The molecule has 0 saturated heterocycles. The summed E-state index contributed by atoms with van der Waals surface area (Å²) in [7, 11) is -3.15. The summed E-state index contributed by atoms with van der Waals surface area (Å²) >= 11 is 1.26. The number of sulfone groups is 1. The second kappa shape index (κ2) is 5.46. The maximum absolute atomic E-state index is 11.9. The average Bonchev–Trinajstić information content (AvgIpc) is 3.17. The highest BCUT2D eigenvalue weighted by Gasteiger charge is 2.15. The third kappa shape index (κ3) is 2.77. The molecule has 21 heavy (non-hydrogen) atoms. The average molecular weight is 318 g/mol. The lowest BCUT2D eigenvalue weighted by Gasteiger charge is -1.97. The molecule has 0 spiro atoms. The van der Waals surface area contributed by atoms with Gasteiger partial charge in [0.2, 0.25) is 0 Å². The third-order valence-electron chi connectivity index (χ3n) is 3.16. The molecule has 2 heterocycles. The van der Waals surface area contributed by atoms with Gasteiger partial charge in [0.1, 0.15) is 15.5 Å². The molecule has 0 bridgehead atoms. The summed E-state index contributed by atoms with van der Waals surface area (Å²) in [5.74, 6) is 0.117. The highest BCUT2D eigenvalue weighted by Crippen LogP contribution is 2.27. The van der Waals surface area contributed by atoms with E-state index in [1.54, 1.807) is 19.3 Å². The highest BCUT2D eigenvalue weighted by molar-refractivity contribution is 7.93. The normalized spacial score (nSPS) is 11.7. The maximum Gasteiger partial charge on any atom is 0.187 e. The van der Waals surface area contributed by atoms with Crippen LogP contribution in [0.1, 0.15) is 6.92 Å². The number of benzene rings is 1. The van der Waals surface area contributed by atoms with Crippen LogP contribution in [0.15, 0.2) is 59.2 Å². The van der Waals surface area contributed by atoms with Crippen LogP contribution in [0.3, 0.4) is 0 Å². The summed E-state index contributed by atoms with van der Waals surface area (Å²) in [4.78, 5) is 4.37. The molecule has 0 amide bonds. The van der Waals surface area contributed by atoms with Crippen LogP contribution < -0.4 is 0 Å². The lowest BCUT2D eigenvalue weighted by molar-refractivity contribution is 0.599. The van der Waals surface area contributed by atoms with E-state index in [9.17, 15) is 8.42 Å². The van der Waals surface area contributed by atoms with Crippen LogP contribution in [0.2, 0.25) is 0 Å². The first-order chi connectivity index (χ1) is 10.1. The smallest absolute Gasteiger partial charge is 0.187 e. The molecule has 0 aliphatic heterocycles.